The van der Waals surface area contributed by atoms with Crippen LogP contribution in [0.3, 0.4) is 0 Å². The van der Waals surface area contributed by atoms with Gasteiger partial charge in [-0.3, -0.25) is 14.9 Å². The third kappa shape index (κ3) is 5.35. The van der Waals surface area contributed by atoms with Crippen molar-refractivity contribution in [3.63, 3.8) is 0 Å². The molecule has 0 spiro atoms. The molecule has 2 N–H and O–H groups in total. The number of nitro groups is 1. The maximum Gasteiger partial charge on any atom is 0.327 e. The zero-order valence-corrected chi connectivity index (χ0v) is 13.4. The molecule has 7 nitrogen and oxygen atoms in total. The smallest absolute Gasteiger partial charge is 0.327 e. The van der Waals surface area contributed by atoms with Gasteiger partial charge in [-0.25, -0.2) is 4.79 Å². The number of carbonyl (C=O) groups excluding carboxylic acids is 1. The van der Waals surface area contributed by atoms with Gasteiger partial charge in [0.05, 0.1) is 9.40 Å². The lowest BCUT2D eigenvalue weighted by Crippen LogP contribution is -2.41. The number of rotatable bonds is 7. The monoisotopic (exact) mass is 376 g/mol. The van der Waals surface area contributed by atoms with Gasteiger partial charge in [0, 0.05) is 24.5 Å². The van der Waals surface area contributed by atoms with Gasteiger partial charge in [0.2, 0.25) is 5.91 Å². The van der Waals surface area contributed by atoms with Crippen LogP contribution in [-0.2, 0) is 15.3 Å². The highest BCUT2D eigenvalue weighted by Gasteiger charge is 2.19. The van der Waals surface area contributed by atoms with Gasteiger partial charge >= 0.3 is 5.97 Å². The van der Waals surface area contributed by atoms with Gasteiger partial charge in [-0.1, -0.05) is 12.1 Å². The van der Waals surface area contributed by atoms with Crippen molar-refractivity contribution in [1.29, 1.82) is 0 Å². The first-order valence-corrected chi connectivity index (χ1v) is 7.77. The number of aliphatic carboxylic acids is 1. The molecule has 0 radical (unpaired) electrons. The number of carboxylic acid groups (broad SMARTS) is 1. The molecule has 1 atom stereocenters. The van der Waals surface area contributed by atoms with Crippen LogP contribution in [0.5, 0.6) is 0 Å². The molecule has 0 fully saturated rings. The van der Waals surface area contributed by atoms with E-state index in [2.05, 4.69) is 21.2 Å². The molecule has 0 saturated carbocycles. The first kappa shape index (κ1) is 17.4. The number of nitrogens with one attached hydrogen (secondary N) is 1. The van der Waals surface area contributed by atoms with E-state index in [0.717, 1.165) is 0 Å². The van der Waals surface area contributed by atoms with E-state index in [1.54, 1.807) is 12.1 Å². The maximum atomic E-state index is 11.0. The third-order valence-corrected chi connectivity index (χ3v) is 4.47. The number of halogens is 1. The number of hydrogen-bond acceptors (Lipinski definition) is 5. The fourth-order valence-electron chi connectivity index (χ4n) is 1.53. The molecule has 0 aromatic heterocycles. The molecule has 1 aromatic rings. The minimum Gasteiger partial charge on any atom is -0.480 e. The van der Waals surface area contributed by atoms with Crippen molar-refractivity contribution in [2.45, 2.75) is 18.7 Å². The Labute approximate surface area is 133 Å². The quantitative estimate of drug-likeness (QED) is 0.557. The maximum absolute atomic E-state index is 11.0. The van der Waals surface area contributed by atoms with Gasteiger partial charge in [-0.2, -0.15) is 11.8 Å². The van der Waals surface area contributed by atoms with Crippen molar-refractivity contribution >= 4 is 45.3 Å². The van der Waals surface area contributed by atoms with Gasteiger partial charge in [-0.15, -0.1) is 0 Å². The van der Waals surface area contributed by atoms with Crippen LogP contribution >= 0.6 is 27.7 Å². The molecule has 9 heteroatoms. The fraction of sp³-hybridized carbons (Fsp3) is 0.333. The zero-order valence-electron chi connectivity index (χ0n) is 11.0. The second-order valence-corrected chi connectivity index (χ2v) is 5.94. The Morgan fingerprint density at radius 2 is 2.19 bits per heavy atom. The van der Waals surface area contributed by atoms with E-state index in [0.29, 0.717) is 15.8 Å². The third-order valence-electron chi connectivity index (χ3n) is 2.47. The number of thioether (sulfide) groups is 1. The Kier molecular flexibility index (Phi) is 6.63. The molecule has 114 valence electrons. The Balaban J connectivity index is 2.67. The highest BCUT2D eigenvalue weighted by atomic mass is 79.9. The van der Waals surface area contributed by atoms with E-state index in [4.69, 9.17) is 5.11 Å². The number of hydrogen-bond donors (Lipinski definition) is 2. The largest absolute Gasteiger partial charge is 0.480 e. The summed E-state index contributed by atoms with van der Waals surface area (Å²) in [6.07, 6.45) is 0. The molecular formula is C12H13BrN2O5S. The predicted octanol–water partition coefficient (Wildman–Crippen LogP) is 2.18. The van der Waals surface area contributed by atoms with Crippen LogP contribution in [0, 0.1) is 10.1 Å². The molecule has 1 aromatic carbocycles. The van der Waals surface area contributed by atoms with Crippen molar-refractivity contribution in [3.8, 4) is 0 Å². The topological polar surface area (TPSA) is 110 Å². The average Bonchev–Trinajstić information content (AvgIpc) is 2.38. The van der Waals surface area contributed by atoms with Crippen LogP contribution in [0.15, 0.2) is 22.7 Å². The number of amides is 1. The van der Waals surface area contributed by atoms with Crippen molar-refractivity contribution in [3.05, 3.63) is 38.3 Å². The van der Waals surface area contributed by atoms with Crippen LogP contribution in [0.1, 0.15) is 12.5 Å². The van der Waals surface area contributed by atoms with E-state index in [1.165, 1.54) is 24.8 Å². The second-order valence-electron chi connectivity index (χ2n) is 4.11. The molecule has 0 aliphatic heterocycles. The Morgan fingerprint density at radius 3 is 2.71 bits per heavy atom. The number of nitro benzene ring substituents is 1. The van der Waals surface area contributed by atoms with Crippen molar-refractivity contribution in [2.75, 3.05) is 5.75 Å². The highest BCUT2D eigenvalue weighted by Crippen LogP contribution is 2.30. The van der Waals surface area contributed by atoms with Gasteiger partial charge in [0.15, 0.2) is 0 Å². The first-order valence-electron chi connectivity index (χ1n) is 5.82. The van der Waals surface area contributed by atoms with E-state index in [9.17, 15) is 19.7 Å². The number of benzene rings is 1. The standard InChI is InChI=1S/C12H13BrN2O5S/c1-7(16)14-9(12(17)18)6-21-5-8-3-2-4-10(11(8)13)15(19)20/h2-4,9H,5-6H2,1H3,(H,14,16)(H,17,18)/t9-/m0/s1. The predicted molar refractivity (Wildman–Crippen MR) is 82.2 cm³/mol. The van der Waals surface area contributed by atoms with E-state index >= 15 is 0 Å². The Morgan fingerprint density at radius 1 is 1.52 bits per heavy atom. The van der Waals surface area contributed by atoms with Crippen LogP contribution in [-0.4, -0.2) is 33.7 Å². The van der Waals surface area contributed by atoms with Gasteiger partial charge in [0.25, 0.3) is 5.69 Å². The summed E-state index contributed by atoms with van der Waals surface area (Å²) in [5, 5.41) is 22.1. The zero-order chi connectivity index (χ0) is 16.0. The molecule has 0 saturated heterocycles. The van der Waals surface area contributed by atoms with Crippen molar-refractivity contribution < 1.29 is 19.6 Å². The first-order chi connectivity index (χ1) is 9.82. The summed E-state index contributed by atoms with van der Waals surface area (Å²) in [4.78, 5) is 32.2. The average molecular weight is 377 g/mol. The molecule has 0 unspecified atom stereocenters. The van der Waals surface area contributed by atoms with Crippen LogP contribution in [0.4, 0.5) is 5.69 Å². The lowest BCUT2D eigenvalue weighted by atomic mass is 10.2. The lowest BCUT2D eigenvalue weighted by molar-refractivity contribution is -0.385. The van der Waals surface area contributed by atoms with Crippen molar-refractivity contribution in [2.24, 2.45) is 0 Å². The summed E-state index contributed by atoms with van der Waals surface area (Å²) < 4.78 is 0.383. The molecule has 21 heavy (non-hydrogen) atoms. The minimum atomic E-state index is -1.11. The summed E-state index contributed by atoms with van der Waals surface area (Å²) in [7, 11) is 0. The molecule has 1 amide bonds. The number of nitrogens with zero attached hydrogens (tertiary/aromatic N) is 1. The summed E-state index contributed by atoms with van der Waals surface area (Å²) in [5.74, 6) is -0.967. The van der Waals surface area contributed by atoms with E-state index in [-0.39, 0.29) is 11.4 Å². The van der Waals surface area contributed by atoms with Gasteiger partial charge in [-0.05, 0) is 21.5 Å². The second kappa shape index (κ2) is 7.99. The molecule has 0 aliphatic rings. The SMILES string of the molecule is CC(=O)N[C@@H](CSCc1cccc([N+](=O)[O-])c1Br)C(=O)O. The highest BCUT2D eigenvalue weighted by molar-refractivity contribution is 9.10. The summed E-state index contributed by atoms with van der Waals surface area (Å²) in [5.41, 5.74) is 0.658. The fourth-order valence-corrected chi connectivity index (χ4v) is 3.30. The summed E-state index contributed by atoms with van der Waals surface area (Å²) >= 11 is 4.45. The van der Waals surface area contributed by atoms with Crippen molar-refractivity contribution in [1.82, 2.24) is 5.32 Å². The number of carbonyl (C=O) groups is 2. The van der Waals surface area contributed by atoms with Crippen LogP contribution in [0.25, 0.3) is 0 Å². The molecule has 1 rings (SSSR count). The van der Waals surface area contributed by atoms with Crippen LogP contribution < -0.4 is 5.32 Å². The lowest BCUT2D eigenvalue weighted by Gasteiger charge is -2.13. The molecule has 0 bridgehead atoms. The van der Waals surface area contributed by atoms with E-state index < -0.39 is 22.8 Å². The van der Waals surface area contributed by atoms with Gasteiger partial charge < -0.3 is 10.4 Å². The Hall–Kier alpha value is -1.61. The van der Waals surface area contributed by atoms with E-state index in [1.807, 2.05) is 0 Å². The van der Waals surface area contributed by atoms with Crippen LogP contribution in [0.2, 0.25) is 0 Å². The molecule has 0 aliphatic carbocycles. The van der Waals surface area contributed by atoms with Gasteiger partial charge in [0.1, 0.15) is 6.04 Å². The Bertz CT molecular complexity index is 567. The molecular weight excluding hydrogens is 364 g/mol. The summed E-state index contributed by atoms with van der Waals surface area (Å²) in [6, 6.07) is 3.69. The minimum absolute atomic E-state index is 0.0373. The number of carboxylic acids is 1. The normalized spacial score (nSPS) is 11.7. The summed E-state index contributed by atoms with van der Waals surface area (Å²) in [6.45, 7) is 1.25. The molecule has 0 heterocycles.